The third kappa shape index (κ3) is 3.00. The third-order valence-corrected chi connectivity index (χ3v) is 3.88. The van der Waals surface area contributed by atoms with Crippen LogP contribution in [0.3, 0.4) is 0 Å². The fraction of sp³-hybridized carbons (Fsp3) is 0.417. The Labute approximate surface area is 114 Å². The second-order valence-electron chi connectivity index (χ2n) is 4.57. The maximum absolute atomic E-state index is 12.2. The van der Waals surface area contributed by atoms with Gasteiger partial charge in [-0.05, 0) is 54.0 Å². The summed E-state index contributed by atoms with van der Waals surface area (Å²) >= 11 is 9.26. The second-order valence-corrected chi connectivity index (χ2v) is 5.86. The highest BCUT2D eigenvalue weighted by Gasteiger charge is 2.30. The SMILES string of the molecule is CC1(NC(=O)c2cc(Cl)ccc2Br)CCNC1. The van der Waals surface area contributed by atoms with E-state index in [0.29, 0.717) is 10.6 Å². The summed E-state index contributed by atoms with van der Waals surface area (Å²) in [5.74, 6) is -0.0921. The van der Waals surface area contributed by atoms with Gasteiger partial charge in [-0.1, -0.05) is 11.6 Å². The lowest BCUT2D eigenvalue weighted by atomic mass is 10.0. The summed E-state index contributed by atoms with van der Waals surface area (Å²) in [4.78, 5) is 12.2. The Morgan fingerprint density at radius 1 is 1.59 bits per heavy atom. The van der Waals surface area contributed by atoms with Gasteiger partial charge in [-0.3, -0.25) is 4.79 Å². The van der Waals surface area contributed by atoms with Crippen molar-refractivity contribution in [1.29, 1.82) is 0 Å². The minimum absolute atomic E-state index is 0.0921. The van der Waals surface area contributed by atoms with E-state index in [0.717, 1.165) is 24.0 Å². The van der Waals surface area contributed by atoms with E-state index >= 15 is 0 Å². The van der Waals surface area contributed by atoms with Crippen LogP contribution in [0, 0.1) is 0 Å². The largest absolute Gasteiger partial charge is 0.346 e. The summed E-state index contributed by atoms with van der Waals surface area (Å²) in [5.41, 5.74) is 0.407. The highest BCUT2D eigenvalue weighted by Crippen LogP contribution is 2.22. The first-order valence-corrected chi connectivity index (χ1v) is 6.66. The molecular weight excluding hydrogens is 304 g/mol. The normalized spacial score (nSPS) is 23.7. The van der Waals surface area contributed by atoms with E-state index in [1.54, 1.807) is 18.2 Å². The number of benzene rings is 1. The van der Waals surface area contributed by atoms with Crippen molar-refractivity contribution >= 4 is 33.4 Å². The van der Waals surface area contributed by atoms with Crippen LogP contribution in [-0.2, 0) is 0 Å². The number of halogens is 2. The van der Waals surface area contributed by atoms with Gasteiger partial charge in [-0.2, -0.15) is 0 Å². The Bertz CT molecular complexity index is 444. The molecule has 3 nitrogen and oxygen atoms in total. The Kier molecular flexibility index (Phi) is 3.76. The summed E-state index contributed by atoms with van der Waals surface area (Å²) in [6.07, 6.45) is 0.941. The molecule has 1 aliphatic rings. The second kappa shape index (κ2) is 4.96. The smallest absolute Gasteiger partial charge is 0.252 e. The zero-order chi connectivity index (χ0) is 12.5. The molecule has 0 aromatic heterocycles. The fourth-order valence-electron chi connectivity index (χ4n) is 1.94. The zero-order valence-corrected chi connectivity index (χ0v) is 11.9. The number of hydrogen-bond acceptors (Lipinski definition) is 2. The van der Waals surface area contributed by atoms with Crippen molar-refractivity contribution in [3.63, 3.8) is 0 Å². The first-order valence-electron chi connectivity index (χ1n) is 5.48. The molecule has 0 saturated carbocycles. The van der Waals surface area contributed by atoms with Gasteiger partial charge in [0.15, 0.2) is 0 Å². The van der Waals surface area contributed by atoms with Crippen molar-refractivity contribution in [2.24, 2.45) is 0 Å². The van der Waals surface area contributed by atoms with E-state index in [-0.39, 0.29) is 11.4 Å². The van der Waals surface area contributed by atoms with E-state index < -0.39 is 0 Å². The third-order valence-electron chi connectivity index (χ3n) is 2.96. The van der Waals surface area contributed by atoms with Crippen LogP contribution in [0.15, 0.2) is 22.7 Å². The van der Waals surface area contributed by atoms with Gasteiger partial charge < -0.3 is 10.6 Å². The zero-order valence-electron chi connectivity index (χ0n) is 9.52. The summed E-state index contributed by atoms with van der Waals surface area (Å²) in [6, 6.07) is 5.21. The molecule has 1 aromatic carbocycles. The predicted octanol–water partition coefficient (Wildman–Crippen LogP) is 2.58. The molecule has 2 N–H and O–H groups in total. The molecule has 1 heterocycles. The Hall–Kier alpha value is -0.580. The standard InChI is InChI=1S/C12H14BrClN2O/c1-12(4-5-15-7-12)16-11(17)9-6-8(14)2-3-10(9)13/h2-3,6,15H,4-5,7H2,1H3,(H,16,17). The van der Waals surface area contributed by atoms with Gasteiger partial charge in [-0.25, -0.2) is 0 Å². The monoisotopic (exact) mass is 316 g/mol. The van der Waals surface area contributed by atoms with Crippen molar-refractivity contribution in [2.45, 2.75) is 18.9 Å². The summed E-state index contributed by atoms with van der Waals surface area (Å²) < 4.78 is 0.758. The number of hydrogen-bond donors (Lipinski definition) is 2. The Balaban J connectivity index is 2.17. The van der Waals surface area contributed by atoms with Crippen molar-refractivity contribution in [3.05, 3.63) is 33.3 Å². The molecule has 17 heavy (non-hydrogen) atoms. The summed E-state index contributed by atoms with van der Waals surface area (Å²) in [5, 5.41) is 6.86. The minimum Gasteiger partial charge on any atom is -0.346 e. The van der Waals surface area contributed by atoms with Crippen molar-refractivity contribution in [3.8, 4) is 0 Å². The molecule has 0 spiro atoms. The van der Waals surface area contributed by atoms with Crippen LogP contribution in [0.4, 0.5) is 0 Å². The van der Waals surface area contributed by atoms with E-state index in [4.69, 9.17) is 11.6 Å². The van der Waals surface area contributed by atoms with Gasteiger partial charge in [0.2, 0.25) is 0 Å². The molecule has 1 aromatic rings. The van der Waals surface area contributed by atoms with E-state index in [2.05, 4.69) is 26.6 Å². The molecule has 1 aliphatic heterocycles. The Morgan fingerprint density at radius 2 is 2.35 bits per heavy atom. The van der Waals surface area contributed by atoms with E-state index in [1.807, 2.05) is 6.92 Å². The average Bonchev–Trinajstić information content (AvgIpc) is 2.68. The first-order chi connectivity index (χ1) is 8.00. The highest BCUT2D eigenvalue weighted by atomic mass is 79.9. The molecule has 1 amide bonds. The molecule has 1 atom stereocenters. The average molecular weight is 318 g/mol. The van der Waals surface area contributed by atoms with Crippen LogP contribution in [-0.4, -0.2) is 24.5 Å². The number of rotatable bonds is 2. The van der Waals surface area contributed by atoms with Crippen LogP contribution in [0.2, 0.25) is 5.02 Å². The van der Waals surface area contributed by atoms with Gasteiger partial charge >= 0.3 is 0 Å². The molecule has 1 fully saturated rings. The molecule has 0 bridgehead atoms. The molecule has 1 saturated heterocycles. The topological polar surface area (TPSA) is 41.1 Å². The van der Waals surface area contributed by atoms with Gasteiger partial charge in [0.1, 0.15) is 0 Å². The van der Waals surface area contributed by atoms with Crippen molar-refractivity contribution in [1.82, 2.24) is 10.6 Å². The lowest BCUT2D eigenvalue weighted by Gasteiger charge is -2.24. The van der Waals surface area contributed by atoms with Crippen molar-refractivity contribution in [2.75, 3.05) is 13.1 Å². The lowest BCUT2D eigenvalue weighted by Crippen LogP contribution is -2.47. The molecule has 5 heteroatoms. The van der Waals surface area contributed by atoms with Crippen LogP contribution in [0.25, 0.3) is 0 Å². The number of carbonyl (C=O) groups is 1. The number of carbonyl (C=O) groups excluding carboxylic acids is 1. The molecular formula is C12H14BrClN2O. The van der Waals surface area contributed by atoms with Crippen LogP contribution >= 0.6 is 27.5 Å². The number of amides is 1. The first kappa shape index (κ1) is 12.9. The Morgan fingerprint density at radius 3 is 3.00 bits per heavy atom. The molecule has 0 radical (unpaired) electrons. The molecule has 0 aliphatic carbocycles. The van der Waals surface area contributed by atoms with E-state index in [9.17, 15) is 4.79 Å². The van der Waals surface area contributed by atoms with Crippen LogP contribution < -0.4 is 10.6 Å². The molecule has 2 rings (SSSR count). The van der Waals surface area contributed by atoms with Gasteiger partial charge in [0.05, 0.1) is 11.1 Å². The lowest BCUT2D eigenvalue weighted by molar-refractivity contribution is 0.0912. The minimum atomic E-state index is -0.168. The summed E-state index contributed by atoms with van der Waals surface area (Å²) in [6.45, 7) is 3.79. The summed E-state index contributed by atoms with van der Waals surface area (Å²) in [7, 11) is 0. The van der Waals surface area contributed by atoms with Gasteiger partial charge in [-0.15, -0.1) is 0 Å². The molecule has 92 valence electrons. The number of nitrogens with one attached hydrogen (secondary N) is 2. The van der Waals surface area contributed by atoms with E-state index in [1.165, 1.54) is 0 Å². The quantitative estimate of drug-likeness (QED) is 0.880. The van der Waals surface area contributed by atoms with Gasteiger partial charge in [0, 0.05) is 16.0 Å². The molecule has 1 unspecified atom stereocenters. The van der Waals surface area contributed by atoms with Crippen LogP contribution in [0.1, 0.15) is 23.7 Å². The fourth-order valence-corrected chi connectivity index (χ4v) is 2.54. The maximum Gasteiger partial charge on any atom is 0.252 e. The highest BCUT2D eigenvalue weighted by molar-refractivity contribution is 9.10. The maximum atomic E-state index is 12.2. The van der Waals surface area contributed by atoms with Crippen LogP contribution in [0.5, 0.6) is 0 Å². The van der Waals surface area contributed by atoms with Gasteiger partial charge in [0.25, 0.3) is 5.91 Å². The van der Waals surface area contributed by atoms with Crippen molar-refractivity contribution < 1.29 is 4.79 Å². The predicted molar refractivity (Wildman–Crippen MR) is 72.5 cm³/mol.